The zero-order valence-electron chi connectivity index (χ0n) is 21.8. The second kappa shape index (κ2) is 12.6. The lowest BCUT2D eigenvalue weighted by Crippen LogP contribution is -2.52. The van der Waals surface area contributed by atoms with E-state index >= 15 is 0 Å². The second-order valence-corrected chi connectivity index (χ2v) is 11.1. The zero-order valence-corrected chi connectivity index (χ0v) is 22.6. The van der Waals surface area contributed by atoms with Gasteiger partial charge in [0, 0.05) is 12.6 Å². The number of amides is 2. The molecule has 0 saturated heterocycles. The first kappa shape index (κ1) is 28.6. The van der Waals surface area contributed by atoms with Crippen molar-refractivity contribution in [1.82, 2.24) is 10.2 Å². The molecule has 0 bridgehead atoms. The Morgan fingerprint density at radius 1 is 0.895 bits per heavy atom. The molecule has 0 heterocycles. The molecule has 202 valence electrons. The van der Waals surface area contributed by atoms with Crippen molar-refractivity contribution in [2.75, 3.05) is 17.1 Å². The van der Waals surface area contributed by atoms with Crippen molar-refractivity contribution in [1.29, 1.82) is 0 Å². The Labute approximate surface area is 223 Å². The van der Waals surface area contributed by atoms with Gasteiger partial charge in [0.15, 0.2) is 0 Å². The summed E-state index contributed by atoms with van der Waals surface area (Å²) in [6.45, 7) is 4.63. The summed E-state index contributed by atoms with van der Waals surface area (Å²) in [5.41, 5.74) is 0.861. The highest BCUT2D eigenvalue weighted by Crippen LogP contribution is 2.26. The average Bonchev–Trinajstić information content (AvgIpc) is 2.86. The molecular formula is C28H32FN3O5S. The van der Waals surface area contributed by atoms with E-state index in [-0.39, 0.29) is 24.2 Å². The van der Waals surface area contributed by atoms with E-state index in [9.17, 15) is 22.4 Å². The van der Waals surface area contributed by atoms with Crippen molar-refractivity contribution < 1.29 is 27.1 Å². The van der Waals surface area contributed by atoms with Crippen molar-refractivity contribution in [2.45, 2.75) is 39.4 Å². The molecule has 0 spiro atoms. The van der Waals surface area contributed by atoms with Crippen LogP contribution in [0.1, 0.15) is 26.3 Å². The number of nitrogens with one attached hydrogen (secondary N) is 1. The molecule has 10 heteroatoms. The van der Waals surface area contributed by atoms with Gasteiger partial charge in [-0.25, -0.2) is 12.8 Å². The average molecular weight is 542 g/mol. The molecular weight excluding hydrogens is 509 g/mol. The normalized spacial score (nSPS) is 12.1. The number of carbonyl (C=O) groups excluding carboxylic acids is 2. The molecule has 3 aromatic carbocycles. The summed E-state index contributed by atoms with van der Waals surface area (Å²) in [5.74, 6) is -0.281. The van der Waals surface area contributed by atoms with E-state index in [0.717, 1.165) is 10.6 Å². The highest BCUT2D eigenvalue weighted by Gasteiger charge is 2.30. The van der Waals surface area contributed by atoms with Crippen LogP contribution in [0, 0.1) is 5.82 Å². The van der Waals surface area contributed by atoms with Gasteiger partial charge in [-0.05, 0) is 74.9 Å². The largest absolute Gasteiger partial charge is 0.457 e. The lowest BCUT2D eigenvalue weighted by atomic mass is 10.1. The summed E-state index contributed by atoms with van der Waals surface area (Å²) in [6.07, 6.45) is 1.01. The minimum Gasteiger partial charge on any atom is -0.457 e. The molecule has 0 aromatic heterocycles. The van der Waals surface area contributed by atoms with Crippen molar-refractivity contribution >= 4 is 27.5 Å². The summed E-state index contributed by atoms with van der Waals surface area (Å²) in [4.78, 5) is 27.6. The predicted molar refractivity (Wildman–Crippen MR) is 145 cm³/mol. The number of sulfonamides is 1. The SMILES string of the molecule is CC(C)NC(=O)[C@H](C)N(Cc1ccc(F)cc1)C(=O)CN(c1ccc(Oc2ccccc2)cc1)S(C)(=O)=O. The summed E-state index contributed by atoms with van der Waals surface area (Å²) in [6, 6.07) is 19.9. The zero-order chi connectivity index (χ0) is 27.9. The number of rotatable bonds is 11. The van der Waals surface area contributed by atoms with Crippen molar-refractivity contribution in [3.05, 3.63) is 90.2 Å². The summed E-state index contributed by atoms with van der Waals surface area (Å²) >= 11 is 0. The molecule has 3 aromatic rings. The van der Waals surface area contributed by atoms with Crippen molar-refractivity contribution in [3.8, 4) is 11.5 Å². The van der Waals surface area contributed by atoms with Crippen LogP contribution >= 0.6 is 0 Å². The van der Waals surface area contributed by atoms with Crippen LogP contribution in [0.25, 0.3) is 0 Å². The first-order valence-electron chi connectivity index (χ1n) is 12.1. The van der Waals surface area contributed by atoms with Gasteiger partial charge >= 0.3 is 0 Å². The molecule has 0 unspecified atom stereocenters. The summed E-state index contributed by atoms with van der Waals surface area (Å²) in [5, 5.41) is 2.78. The Kier molecular flexibility index (Phi) is 9.46. The van der Waals surface area contributed by atoms with Gasteiger partial charge in [-0.3, -0.25) is 13.9 Å². The second-order valence-electron chi connectivity index (χ2n) is 9.17. The maximum Gasteiger partial charge on any atom is 0.244 e. The fraction of sp³-hybridized carbons (Fsp3) is 0.286. The van der Waals surface area contributed by atoms with Crippen LogP contribution in [-0.2, 0) is 26.2 Å². The highest BCUT2D eigenvalue weighted by molar-refractivity contribution is 7.92. The van der Waals surface area contributed by atoms with Crippen LogP contribution in [0.2, 0.25) is 0 Å². The molecule has 0 fully saturated rings. The highest BCUT2D eigenvalue weighted by atomic mass is 32.2. The van der Waals surface area contributed by atoms with Crippen LogP contribution in [0.4, 0.5) is 10.1 Å². The third-order valence-corrected chi connectivity index (χ3v) is 6.79. The summed E-state index contributed by atoms with van der Waals surface area (Å²) < 4.78 is 45.6. The molecule has 1 atom stereocenters. The fourth-order valence-corrected chi connectivity index (χ4v) is 4.54. The van der Waals surface area contributed by atoms with Gasteiger partial charge in [0.2, 0.25) is 21.8 Å². The maximum absolute atomic E-state index is 13.5. The smallest absolute Gasteiger partial charge is 0.244 e. The van der Waals surface area contributed by atoms with Crippen LogP contribution in [0.5, 0.6) is 11.5 Å². The van der Waals surface area contributed by atoms with Gasteiger partial charge in [0.05, 0.1) is 11.9 Å². The lowest BCUT2D eigenvalue weighted by Gasteiger charge is -2.32. The van der Waals surface area contributed by atoms with E-state index in [2.05, 4.69) is 5.32 Å². The van der Waals surface area contributed by atoms with Gasteiger partial charge in [-0.15, -0.1) is 0 Å². The predicted octanol–water partition coefficient (Wildman–Crippen LogP) is 4.33. The standard InChI is InChI=1S/C28H32FN3O5S/c1-20(2)30-28(34)21(3)31(18-22-10-12-23(29)13-11-22)27(33)19-32(38(4,35)36)24-14-16-26(17-15-24)37-25-8-6-5-7-9-25/h5-17,20-21H,18-19H2,1-4H3,(H,30,34)/t21-/m0/s1. The minimum atomic E-state index is -3.87. The van der Waals surface area contributed by atoms with Crippen LogP contribution in [-0.4, -0.2) is 50.0 Å². The van der Waals surface area contributed by atoms with Gasteiger partial charge < -0.3 is 15.0 Å². The Morgan fingerprint density at radius 2 is 1.47 bits per heavy atom. The number of para-hydroxylation sites is 1. The van der Waals surface area contributed by atoms with E-state index in [1.807, 2.05) is 18.2 Å². The third-order valence-electron chi connectivity index (χ3n) is 5.65. The Hall–Kier alpha value is -3.92. The van der Waals surface area contributed by atoms with E-state index in [0.29, 0.717) is 17.1 Å². The van der Waals surface area contributed by atoms with Gasteiger partial charge in [0.25, 0.3) is 0 Å². The van der Waals surface area contributed by atoms with Crippen molar-refractivity contribution in [2.24, 2.45) is 0 Å². The first-order chi connectivity index (χ1) is 17.9. The molecule has 1 N–H and O–H groups in total. The van der Waals surface area contributed by atoms with E-state index in [1.165, 1.54) is 29.2 Å². The molecule has 0 saturated carbocycles. The van der Waals surface area contributed by atoms with E-state index in [1.54, 1.807) is 57.2 Å². The lowest BCUT2D eigenvalue weighted by molar-refractivity contribution is -0.139. The minimum absolute atomic E-state index is 0.00670. The number of anilines is 1. The van der Waals surface area contributed by atoms with Gasteiger partial charge in [0.1, 0.15) is 29.9 Å². The molecule has 38 heavy (non-hydrogen) atoms. The van der Waals surface area contributed by atoms with Crippen LogP contribution < -0.4 is 14.4 Å². The molecule has 3 rings (SSSR count). The quantitative estimate of drug-likeness (QED) is 0.390. The number of ether oxygens (including phenoxy) is 1. The van der Waals surface area contributed by atoms with E-state index in [4.69, 9.17) is 4.74 Å². The Bertz CT molecular complexity index is 1330. The van der Waals surface area contributed by atoms with Crippen molar-refractivity contribution in [3.63, 3.8) is 0 Å². The molecule has 2 amide bonds. The maximum atomic E-state index is 13.5. The fourth-order valence-electron chi connectivity index (χ4n) is 3.69. The monoisotopic (exact) mass is 541 g/mol. The number of nitrogens with zero attached hydrogens (tertiary/aromatic N) is 2. The molecule has 0 aliphatic carbocycles. The Balaban J connectivity index is 1.85. The summed E-state index contributed by atoms with van der Waals surface area (Å²) in [7, 11) is -3.87. The first-order valence-corrected chi connectivity index (χ1v) is 13.9. The Morgan fingerprint density at radius 3 is 2.03 bits per heavy atom. The number of hydrogen-bond donors (Lipinski definition) is 1. The number of benzene rings is 3. The topological polar surface area (TPSA) is 96.0 Å². The molecule has 8 nitrogen and oxygen atoms in total. The van der Waals surface area contributed by atoms with Crippen LogP contribution in [0.15, 0.2) is 78.9 Å². The van der Waals surface area contributed by atoms with E-state index < -0.39 is 34.3 Å². The number of halogens is 1. The molecule has 0 aliphatic heterocycles. The number of carbonyl (C=O) groups is 2. The third kappa shape index (κ3) is 8.04. The van der Waals surface area contributed by atoms with Crippen LogP contribution in [0.3, 0.4) is 0 Å². The molecule has 0 aliphatic rings. The number of hydrogen-bond acceptors (Lipinski definition) is 5. The van der Waals surface area contributed by atoms with Gasteiger partial charge in [-0.1, -0.05) is 30.3 Å². The van der Waals surface area contributed by atoms with Gasteiger partial charge in [-0.2, -0.15) is 0 Å². The molecule has 0 radical (unpaired) electrons.